The SMILES string of the molecule is COc1cc(/C=C(\C#N)C(=O)NCc2ccccc2)c(Br)cc1OCc1ccc(C(=O)O)cc1. The summed E-state index contributed by atoms with van der Waals surface area (Å²) in [6, 6.07) is 21.1. The molecule has 7 nitrogen and oxygen atoms in total. The molecule has 0 aromatic heterocycles. The Morgan fingerprint density at radius 2 is 1.76 bits per heavy atom. The summed E-state index contributed by atoms with van der Waals surface area (Å²) in [5, 5.41) is 21.2. The van der Waals surface area contributed by atoms with E-state index in [4.69, 9.17) is 14.6 Å². The maximum atomic E-state index is 12.5. The van der Waals surface area contributed by atoms with Crippen molar-refractivity contribution in [2.75, 3.05) is 7.11 Å². The number of rotatable bonds is 9. The molecular formula is C26H21BrN2O5. The predicted molar refractivity (Wildman–Crippen MR) is 130 cm³/mol. The van der Waals surface area contributed by atoms with Crippen molar-refractivity contribution in [3.63, 3.8) is 0 Å². The van der Waals surface area contributed by atoms with Gasteiger partial charge in [0, 0.05) is 11.0 Å². The van der Waals surface area contributed by atoms with Gasteiger partial charge in [-0.25, -0.2) is 4.79 Å². The number of nitrogens with zero attached hydrogens (tertiary/aromatic N) is 1. The first kappa shape index (κ1) is 24.6. The lowest BCUT2D eigenvalue weighted by Crippen LogP contribution is -2.23. The van der Waals surface area contributed by atoms with Crippen molar-refractivity contribution >= 4 is 33.9 Å². The molecule has 0 heterocycles. The van der Waals surface area contributed by atoms with Crippen LogP contribution < -0.4 is 14.8 Å². The van der Waals surface area contributed by atoms with Crippen molar-refractivity contribution < 1.29 is 24.2 Å². The van der Waals surface area contributed by atoms with E-state index in [9.17, 15) is 14.9 Å². The Morgan fingerprint density at radius 1 is 1.06 bits per heavy atom. The number of carboxylic acid groups (broad SMARTS) is 1. The Hall–Kier alpha value is -4.09. The lowest BCUT2D eigenvalue weighted by molar-refractivity contribution is -0.117. The molecule has 34 heavy (non-hydrogen) atoms. The van der Waals surface area contributed by atoms with Crippen molar-refractivity contribution in [3.8, 4) is 17.6 Å². The Kier molecular flexibility index (Phi) is 8.43. The maximum absolute atomic E-state index is 12.5. The first-order valence-corrected chi connectivity index (χ1v) is 11.0. The standard InChI is InChI=1S/C26H21BrN2O5/c1-33-23-12-20(11-21(14-28)25(30)29-15-17-5-3-2-4-6-17)22(27)13-24(23)34-16-18-7-9-19(10-8-18)26(31)32/h2-13H,15-16H2,1H3,(H,29,30)(H,31,32)/b21-11+. The molecule has 3 rings (SSSR count). The Morgan fingerprint density at radius 3 is 2.38 bits per heavy atom. The molecule has 0 unspecified atom stereocenters. The summed E-state index contributed by atoms with van der Waals surface area (Å²) in [5.41, 5.74) is 2.43. The smallest absolute Gasteiger partial charge is 0.335 e. The van der Waals surface area contributed by atoms with E-state index in [0.29, 0.717) is 28.1 Å². The van der Waals surface area contributed by atoms with Crippen LogP contribution in [0.3, 0.4) is 0 Å². The van der Waals surface area contributed by atoms with Crippen LogP contribution in [0.25, 0.3) is 6.08 Å². The molecule has 2 N–H and O–H groups in total. The summed E-state index contributed by atoms with van der Waals surface area (Å²) < 4.78 is 11.9. The highest BCUT2D eigenvalue weighted by molar-refractivity contribution is 9.10. The molecule has 3 aromatic rings. The van der Waals surface area contributed by atoms with E-state index in [0.717, 1.165) is 11.1 Å². The molecule has 0 radical (unpaired) electrons. The van der Waals surface area contributed by atoms with E-state index in [1.165, 1.54) is 25.3 Å². The summed E-state index contributed by atoms with van der Waals surface area (Å²) in [6.07, 6.45) is 1.47. The molecule has 0 spiro atoms. The predicted octanol–water partition coefficient (Wildman–Crippen LogP) is 4.96. The van der Waals surface area contributed by atoms with Gasteiger partial charge in [0.25, 0.3) is 5.91 Å². The Bertz CT molecular complexity index is 1250. The van der Waals surface area contributed by atoms with Gasteiger partial charge < -0.3 is 19.9 Å². The van der Waals surface area contributed by atoms with E-state index in [2.05, 4.69) is 21.2 Å². The van der Waals surface area contributed by atoms with Gasteiger partial charge in [0.1, 0.15) is 18.2 Å². The van der Waals surface area contributed by atoms with Gasteiger partial charge in [0.2, 0.25) is 0 Å². The molecule has 0 bridgehead atoms. The van der Waals surface area contributed by atoms with Gasteiger partial charge in [0.15, 0.2) is 11.5 Å². The van der Waals surface area contributed by atoms with Crippen LogP contribution in [0.1, 0.15) is 27.0 Å². The van der Waals surface area contributed by atoms with Crippen molar-refractivity contribution in [1.82, 2.24) is 5.32 Å². The number of amides is 1. The molecule has 0 saturated carbocycles. The molecule has 172 valence electrons. The van der Waals surface area contributed by atoms with E-state index >= 15 is 0 Å². The van der Waals surface area contributed by atoms with Crippen molar-refractivity contribution in [2.45, 2.75) is 13.2 Å². The van der Waals surface area contributed by atoms with Gasteiger partial charge in [-0.15, -0.1) is 0 Å². The molecule has 0 aliphatic carbocycles. The number of benzene rings is 3. The van der Waals surface area contributed by atoms with E-state index in [1.54, 1.807) is 24.3 Å². The van der Waals surface area contributed by atoms with Crippen LogP contribution >= 0.6 is 15.9 Å². The summed E-state index contributed by atoms with van der Waals surface area (Å²) >= 11 is 3.46. The van der Waals surface area contributed by atoms with Gasteiger partial charge in [-0.2, -0.15) is 5.26 Å². The number of hydrogen-bond acceptors (Lipinski definition) is 5. The molecule has 0 atom stereocenters. The fraction of sp³-hybridized carbons (Fsp3) is 0.115. The normalized spacial score (nSPS) is 10.8. The largest absolute Gasteiger partial charge is 0.493 e. The number of carboxylic acids is 1. The van der Waals surface area contributed by atoms with Gasteiger partial charge in [-0.05, 0) is 47.0 Å². The number of carbonyl (C=O) groups excluding carboxylic acids is 1. The lowest BCUT2D eigenvalue weighted by atomic mass is 10.1. The molecule has 0 aliphatic rings. The number of halogens is 1. The van der Waals surface area contributed by atoms with E-state index in [-0.39, 0.29) is 17.7 Å². The van der Waals surface area contributed by atoms with Gasteiger partial charge in [0.05, 0.1) is 12.7 Å². The average molecular weight is 521 g/mol. The first-order valence-electron chi connectivity index (χ1n) is 10.2. The van der Waals surface area contributed by atoms with Crippen LogP contribution in [0, 0.1) is 11.3 Å². The van der Waals surface area contributed by atoms with Crippen LogP contribution in [0.5, 0.6) is 11.5 Å². The number of aromatic carboxylic acids is 1. The number of carbonyl (C=O) groups is 2. The monoisotopic (exact) mass is 520 g/mol. The van der Waals surface area contributed by atoms with Crippen LogP contribution in [-0.2, 0) is 17.9 Å². The second-order valence-corrected chi connectivity index (χ2v) is 8.01. The van der Waals surface area contributed by atoms with Gasteiger partial charge >= 0.3 is 5.97 Å². The van der Waals surface area contributed by atoms with Crippen molar-refractivity contribution in [2.24, 2.45) is 0 Å². The molecule has 1 amide bonds. The minimum absolute atomic E-state index is 0.0501. The van der Waals surface area contributed by atoms with Gasteiger partial charge in [-0.3, -0.25) is 4.79 Å². The minimum Gasteiger partial charge on any atom is -0.493 e. The average Bonchev–Trinajstić information content (AvgIpc) is 2.86. The Labute approximate surface area is 205 Å². The maximum Gasteiger partial charge on any atom is 0.335 e. The molecule has 0 fully saturated rings. The highest BCUT2D eigenvalue weighted by Crippen LogP contribution is 2.35. The first-order chi connectivity index (χ1) is 16.4. The number of methoxy groups -OCH3 is 1. The summed E-state index contributed by atoms with van der Waals surface area (Å²) in [5.74, 6) is -0.617. The second-order valence-electron chi connectivity index (χ2n) is 7.15. The summed E-state index contributed by atoms with van der Waals surface area (Å²) in [6.45, 7) is 0.507. The zero-order valence-corrected chi connectivity index (χ0v) is 19.8. The Balaban J connectivity index is 1.74. The molecule has 8 heteroatoms. The molecule has 0 saturated heterocycles. The third-order valence-corrected chi connectivity index (χ3v) is 5.53. The number of nitrogens with one attached hydrogen (secondary N) is 1. The fourth-order valence-corrected chi connectivity index (χ4v) is 3.45. The minimum atomic E-state index is -0.993. The topological polar surface area (TPSA) is 109 Å². The quantitative estimate of drug-likeness (QED) is 0.305. The third-order valence-electron chi connectivity index (χ3n) is 4.84. The van der Waals surface area contributed by atoms with Crippen LogP contribution in [-0.4, -0.2) is 24.1 Å². The third kappa shape index (κ3) is 6.47. The van der Waals surface area contributed by atoms with Crippen LogP contribution in [0.2, 0.25) is 0 Å². The zero-order chi connectivity index (χ0) is 24.5. The highest BCUT2D eigenvalue weighted by atomic mass is 79.9. The molecular weight excluding hydrogens is 500 g/mol. The van der Waals surface area contributed by atoms with Crippen LogP contribution in [0.15, 0.2) is 76.8 Å². The molecule has 0 aliphatic heterocycles. The van der Waals surface area contributed by atoms with Crippen LogP contribution in [0.4, 0.5) is 0 Å². The zero-order valence-electron chi connectivity index (χ0n) is 18.2. The van der Waals surface area contributed by atoms with E-state index in [1.807, 2.05) is 36.4 Å². The molecule has 3 aromatic carbocycles. The number of hydrogen-bond donors (Lipinski definition) is 2. The highest BCUT2D eigenvalue weighted by Gasteiger charge is 2.14. The number of ether oxygens (including phenoxy) is 2. The van der Waals surface area contributed by atoms with Crippen molar-refractivity contribution in [3.05, 3.63) is 99.0 Å². The number of nitriles is 1. The fourth-order valence-electron chi connectivity index (χ4n) is 3.02. The lowest BCUT2D eigenvalue weighted by Gasteiger charge is -2.13. The van der Waals surface area contributed by atoms with E-state index < -0.39 is 11.9 Å². The summed E-state index contributed by atoms with van der Waals surface area (Å²) in [7, 11) is 1.49. The van der Waals surface area contributed by atoms with Crippen molar-refractivity contribution in [1.29, 1.82) is 5.26 Å². The summed E-state index contributed by atoms with van der Waals surface area (Å²) in [4.78, 5) is 23.5. The van der Waals surface area contributed by atoms with Gasteiger partial charge in [-0.1, -0.05) is 58.4 Å². The second kappa shape index (κ2) is 11.7.